The van der Waals surface area contributed by atoms with Gasteiger partial charge in [0.15, 0.2) is 0 Å². The van der Waals surface area contributed by atoms with E-state index >= 15 is 0 Å². The zero-order chi connectivity index (χ0) is 20.1. The molecule has 1 aromatic heterocycles. The van der Waals surface area contributed by atoms with E-state index < -0.39 is 0 Å². The van der Waals surface area contributed by atoms with Gasteiger partial charge >= 0.3 is 0 Å². The number of rotatable bonds is 3. The first-order chi connectivity index (χ1) is 14.2. The molecular weight excluding hydrogens is 366 g/mol. The maximum absolute atomic E-state index is 13.0. The predicted molar refractivity (Wildman–Crippen MR) is 111 cm³/mol. The number of nitrogens with zero attached hydrogens (tertiary/aromatic N) is 5. The van der Waals surface area contributed by atoms with Gasteiger partial charge in [-0.3, -0.25) is 9.59 Å². The van der Waals surface area contributed by atoms with Crippen LogP contribution in [0.4, 0.5) is 5.95 Å². The number of carbonyl (C=O) groups is 2. The van der Waals surface area contributed by atoms with E-state index in [1.165, 1.54) is 12.8 Å². The van der Waals surface area contributed by atoms with Gasteiger partial charge in [-0.1, -0.05) is 12.8 Å². The van der Waals surface area contributed by atoms with Gasteiger partial charge in [-0.15, -0.1) is 0 Å². The van der Waals surface area contributed by atoms with E-state index in [0.29, 0.717) is 5.91 Å². The minimum absolute atomic E-state index is 0.0858. The molecule has 3 aliphatic rings. The number of carbonyl (C=O) groups excluding carboxylic acids is 2. The van der Waals surface area contributed by atoms with Crippen molar-refractivity contribution in [2.45, 2.75) is 51.4 Å². The molecule has 7 nitrogen and oxygen atoms in total. The van der Waals surface area contributed by atoms with Crippen molar-refractivity contribution in [1.82, 2.24) is 19.8 Å². The molecule has 3 heterocycles. The van der Waals surface area contributed by atoms with Crippen LogP contribution in [0.1, 0.15) is 51.4 Å². The highest BCUT2D eigenvalue weighted by Crippen LogP contribution is 2.32. The summed E-state index contributed by atoms with van der Waals surface area (Å²) in [7, 11) is 0. The van der Waals surface area contributed by atoms with Gasteiger partial charge in [-0.05, 0) is 44.6 Å². The van der Waals surface area contributed by atoms with Crippen molar-refractivity contribution in [3.63, 3.8) is 0 Å². The summed E-state index contributed by atoms with van der Waals surface area (Å²) >= 11 is 0. The monoisotopic (exact) mass is 399 g/mol. The summed E-state index contributed by atoms with van der Waals surface area (Å²) < 4.78 is 0. The van der Waals surface area contributed by atoms with E-state index in [1.807, 2.05) is 11.0 Å². The topological polar surface area (TPSA) is 69.6 Å². The maximum Gasteiger partial charge on any atom is 0.225 e. The first-order valence-electron chi connectivity index (χ1n) is 11.3. The van der Waals surface area contributed by atoms with Gasteiger partial charge in [0.2, 0.25) is 17.8 Å². The van der Waals surface area contributed by atoms with Gasteiger partial charge in [0.1, 0.15) is 0 Å². The fraction of sp³-hybridized carbons (Fsp3) is 0.727. The van der Waals surface area contributed by atoms with Crippen LogP contribution < -0.4 is 4.90 Å². The summed E-state index contributed by atoms with van der Waals surface area (Å²) in [6.07, 6.45) is 11.7. The lowest BCUT2D eigenvalue weighted by Crippen LogP contribution is -2.51. The normalized spacial score (nSPS) is 26.1. The third-order valence-corrected chi connectivity index (χ3v) is 6.77. The molecule has 0 radical (unpaired) electrons. The zero-order valence-electron chi connectivity index (χ0n) is 17.3. The molecule has 2 saturated heterocycles. The molecule has 1 aliphatic carbocycles. The lowest BCUT2D eigenvalue weighted by atomic mass is 9.80. The molecular formula is C22H33N5O2. The molecule has 158 valence electrons. The van der Waals surface area contributed by atoms with Gasteiger partial charge in [0.25, 0.3) is 0 Å². The van der Waals surface area contributed by atoms with Crippen LogP contribution in [0, 0.1) is 11.8 Å². The fourth-order valence-corrected chi connectivity index (χ4v) is 4.98. The minimum Gasteiger partial charge on any atom is -0.342 e. The van der Waals surface area contributed by atoms with Crippen LogP contribution in [0.2, 0.25) is 0 Å². The van der Waals surface area contributed by atoms with Gasteiger partial charge in [0, 0.05) is 63.5 Å². The molecule has 2 aliphatic heterocycles. The van der Waals surface area contributed by atoms with Gasteiger partial charge < -0.3 is 14.7 Å². The highest BCUT2D eigenvalue weighted by atomic mass is 16.2. The van der Waals surface area contributed by atoms with Crippen molar-refractivity contribution in [2.75, 3.05) is 44.2 Å². The number of amides is 2. The minimum atomic E-state index is 0.0858. The van der Waals surface area contributed by atoms with Crippen LogP contribution in [0.5, 0.6) is 0 Å². The van der Waals surface area contributed by atoms with Gasteiger partial charge in [0.05, 0.1) is 0 Å². The second-order valence-electron chi connectivity index (χ2n) is 8.65. The van der Waals surface area contributed by atoms with Crippen molar-refractivity contribution >= 4 is 17.8 Å². The van der Waals surface area contributed by atoms with E-state index in [2.05, 4.69) is 19.8 Å². The van der Waals surface area contributed by atoms with Crippen molar-refractivity contribution in [3.8, 4) is 0 Å². The number of anilines is 1. The van der Waals surface area contributed by atoms with Gasteiger partial charge in [-0.2, -0.15) is 0 Å². The number of hydrogen-bond donors (Lipinski definition) is 0. The van der Waals surface area contributed by atoms with Crippen molar-refractivity contribution in [3.05, 3.63) is 18.5 Å². The molecule has 0 unspecified atom stereocenters. The Labute approximate surface area is 173 Å². The van der Waals surface area contributed by atoms with Crippen LogP contribution in [0.15, 0.2) is 18.5 Å². The third-order valence-electron chi connectivity index (χ3n) is 6.77. The number of piperazine rings is 1. The molecule has 0 bridgehead atoms. The fourth-order valence-electron chi connectivity index (χ4n) is 4.98. The molecule has 2 amide bonds. The summed E-state index contributed by atoms with van der Waals surface area (Å²) in [5, 5.41) is 0. The Bertz CT molecular complexity index is 674. The standard InChI is InChI=1S/C22H33N5O2/c28-20(25-12-3-1-2-4-13-25)18-6-8-19(9-7-18)21(29)26-14-16-27(17-15-26)22-23-10-5-11-24-22/h5,10-11,18-19H,1-4,6-9,12-17H2. The smallest absolute Gasteiger partial charge is 0.225 e. The molecule has 0 aromatic carbocycles. The second kappa shape index (κ2) is 9.55. The number of likely N-dealkylation sites (tertiary alicyclic amines) is 1. The van der Waals surface area contributed by atoms with Crippen LogP contribution in [-0.2, 0) is 9.59 Å². The highest BCUT2D eigenvalue weighted by molar-refractivity contribution is 5.81. The van der Waals surface area contributed by atoms with Crippen molar-refractivity contribution < 1.29 is 9.59 Å². The van der Waals surface area contributed by atoms with Crippen LogP contribution in [0.25, 0.3) is 0 Å². The lowest BCUT2D eigenvalue weighted by Gasteiger charge is -2.38. The Hall–Kier alpha value is -2.18. The molecule has 0 N–H and O–H groups in total. The molecule has 1 saturated carbocycles. The van der Waals surface area contributed by atoms with Gasteiger partial charge in [-0.25, -0.2) is 9.97 Å². The molecule has 0 atom stereocenters. The Balaban J connectivity index is 1.23. The second-order valence-corrected chi connectivity index (χ2v) is 8.65. The summed E-state index contributed by atoms with van der Waals surface area (Å²) in [6, 6.07) is 1.82. The molecule has 29 heavy (non-hydrogen) atoms. The average molecular weight is 400 g/mol. The molecule has 0 spiro atoms. The molecule has 3 fully saturated rings. The summed E-state index contributed by atoms with van der Waals surface area (Å²) in [4.78, 5) is 40.7. The van der Waals surface area contributed by atoms with E-state index in [9.17, 15) is 9.59 Å². The number of hydrogen-bond acceptors (Lipinski definition) is 5. The SMILES string of the molecule is O=C(C1CCC(C(=O)N2CCN(c3ncccn3)CC2)CC1)N1CCCCCC1. The molecule has 1 aromatic rings. The molecule has 4 rings (SSSR count). The van der Waals surface area contributed by atoms with E-state index in [-0.39, 0.29) is 17.7 Å². The molecule has 7 heteroatoms. The quantitative estimate of drug-likeness (QED) is 0.780. The Morgan fingerprint density at radius 1 is 0.690 bits per heavy atom. The van der Waals surface area contributed by atoms with E-state index in [4.69, 9.17) is 0 Å². The van der Waals surface area contributed by atoms with Crippen molar-refractivity contribution in [2.24, 2.45) is 11.8 Å². The largest absolute Gasteiger partial charge is 0.342 e. The van der Waals surface area contributed by atoms with E-state index in [1.54, 1.807) is 12.4 Å². The number of aromatic nitrogens is 2. The predicted octanol–water partition coefficient (Wildman–Crippen LogP) is 2.33. The first-order valence-corrected chi connectivity index (χ1v) is 11.3. The Kier molecular flexibility index (Phi) is 6.62. The Morgan fingerprint density at radius 2 is 1.17 bits per heavy atom. The third kappa shape index (κ3) is 4.87. The Morgan fingerprint density at radius 3 is 1.69 bits per heavy atom. The van der Waals surface area contributed by atoms with E-state index in [0.717, 1.165) is 83.7 Å². The summed E-state index contributed by atoms with van der Waals surface area (Å²) in [6.45, 7) is 4.85. The lowest BCUT2D eigenvalue weighted by molar-refractivity contribution is -0.141. The maximum atomic E-state index is 13.0. The van der Waals surface area contributed by atoms with Crippen LogP contribution in [0.3, 0.4) is 0 Å². The zero-order valence-corrected chi connectivity index (χ0v) is 17.3. The summed E-state index contributed by atoms with van der Waals surface area (Å²) in [5.41, 5.74) is 0. The first kappa shape index (κ1) is 20.1. The summed E-state index contributed by atoms with van der Waals surface area (Å²) in [5.74, 6) is 1.58. The van der Waals surface area contributed by atoms with Crippen LogP contribution >= 0.6 is 0 Å². The highest BCUT2D eigenvalue weighted by Gasteiger charge is 2.35. The van der Waals surface area contributed by atoms with Crippen molar-refractivity contribution in [1.29, 1.82) is 0 Å². The van der Waals surface area contributed by atoms with Crippen LogP contribution in [-0.4, -0.2) is 70.9 Å². The average Bonchev–Trinajstić information content (AvgIpc) is 3.09.